The molecule has 0 saturated heterocycles. The molecule has 0 radical (unpaired) electrons. The average molecular weight is 309 g/mol. The summed E-state index contributed by atoms with van der Waals surface area (Å²) in [6.07, 6.45) is 1.49. The second-order valence-electron chi connectivity index (χ2n) is 5.33. The van der Waals surface area contributed by atoms with Crippen molar-refractivity contribution < 1.29 is 9.18 Å². The van der Waals surface area contributed by atoms with Crippen molar-refractivity contribution in [2.24, 2.45) is 0 Å². The first kappa shape index (κ1) is 15.0. The fraction of sp³-hybridized carbons (Fsp3) is 0.111. The maximum Gasteiger partial charge on any atom is 0.259 e. The minimum absolute atomic E-state index is 0.168. The predicted molar refractivity (Wildman–Crippen MR) is 87.4 cm³/mol. The maximum atomic E-state index is 13.8. The first-order chi connectivity index (χ1) is 11.1. The van der Waals surface area contributed by atoms with Gasteiger partial charge in [0.1, 0.15) is 5.82 Å². The second-order valence-corrected chi connectivity index (χ2v) is 5.33. The number of anilines is 1. The second kappa shape index (κ2) is 6.04. The quantitative estimate of drug-likeness (QED) is 0.798. The number of carbonyl (C=O) groups is 1. The number of hydrogen-bond donors (Lipinski definition) is 1. The van der Waals surface area contributed by atoms with Crippen molar-refractivity contribution in [1.82, 2.24) is 9.78 Å². The van der Waals surface area contributed by atoms with Crippen LogP contribution in [0.1, 0.15) is 21.6 Å². The zero-order chi connectivity index (χ0) is 16.4. The highest BCUT2D eigenvalue weighted by molar-refractivity contribution is 6.05. The van der Waals surface area contributed by atoms with Gasteiger partial charge in [-0.25, -0.2) is 9.07 Å². The lowest BCUT2D eigenvalue weighted by molar-refractivity contribution is 0.102. The molecule has 0 saturated carbocycles. The molecule has 0 aliphatic rings. The number of aryl methyl sites for hydroxylation is 1. The smallest absolute Gasteiger partial charge is 0.259 e. The molecular formula is C18H16FN3O. The van der Waals surface area contributed by atoms with Crippen LogP contribution in [0.25, 0.3) is 5.69 Å². The summed E-state index contributed by atoms with van der Waals surface area (Å²) in [6.45, 7) is 3.65. The Labute approximate surface area is 133 Å². The predicted octanol–water partition coefficient (Wildman–Crippen LogP) is 3.88. The van der Waals surface area contributed by atoms with Crippen molar-refractivity contribution in [2.75, 3.05) is 5.32 Å². The number of halogens is 1. The summed E-state index contributed by atoms with van der Waals surface area (Å²) in [7, 11) is 0. The van der Waals surface area contributed by atoms with Crippen LogP contribution >= 0.6 is 0 Å². The molecule has 3 rings (SSSR count). The Morgan fingerprint density at radius 1 is 1.13 bits per heavy atom. The van der Waals surface area contributed by atoms with Gasteiger partial charge in [-0.05, 0) is 43.7 Å². The summed E-state index contributed by atoms with van der Waals surface area (Å²) in [5.41, 5.74) is 3.02. The molecule has 1 N–H and O–H groups in total. The first-order valence-electron chi connectivity index (χ1n) is 7.24. The van der Waals surface area contributed by atoms with E-state index in [2.05, 4.69) is 10.4 Å². The third kappa shape index (κ3) is 2.99. The van der Waals surface area contributed by atoms with Crippen molar-refractivity contribution in [3.05, 3.63) is 77.4 Å². The Bertz CT molecular complexity index is 856. The van der Waals surface area contributed by atoms with Crippen molar-refractivity contribution in [3.63, 3.8) is 0 Å². The topological polar surface area (TPSA) is 46.9 Å². The van der Waals surface area contributed by atoms with E-state index < -0.39 is 5.82 Å². The SMILES string of the molecule is Cc1ccc(F)c(NC(=O)c2cnn(-c3ccccc3)c2C)c1. The molecule has 4 nitrogen and oxygen atoms in total. The number of carbonyl (C=O) groups excluding carboxylic acids is 1. The van der Waals surface area contributed by atoms with Crippen LogP contribution in [0.5, 0.6) is 0 Å². The molecule has 0 unspecified atom stereocenters. The van der Waals surface area contributed by atoms with Crippen molar-refractivity contribution in [1.29, 1.82) is 0 Å². The van der Waals surface area contributed by atoms with Crippen molar-refractivity contribution in [3.8, 4) is 5.69 Å². The van der Waals surface area contributed by atoms with Crippen LogP contribution in [0, 0.1) is 19.7 Å². The highest BCUT2D eigenvalue weighted by Gasteiger charge is 2.16. The van der Waals surface area contributed by atoms with E-state index in [4.69, 9.17) is 0 Å². The molecule has 5 heteroatoms. The molecule has 0 aliphatic carbocycles. The van der Waals surface area contributed by atoms with Gasteiger partial charge in [-0.3, -0.25) is 4.79 Å². The van der Waals surface area contributed by atoms with E-state index in [1.54, 1.807) is 16.8 Å². The van der Waals surface area contributed by atoms with Crippen LogP contribution in [0.2, 0.25) is 0 Å². The molecule has 1 aromatic heterocycles. The van der Waals surface area contributed by atoms with E-state index in [0.29, 0.717) is 11.3 Å². The van der Waals surface area contributed by atoms with E-state index in [0.717, 1.165) is 11.3 Å². The fourth-order valence-electron chi connectivity index (χ4n) is 2.39. The molecule has 116 valence electrons. The van der Waals surface area contributed by atoms with E-state index in [-0.39, 0.29) is 11.6 Å². The lowest BCUT2D eigenvalue weighted by atomic mass is 10.2. The van der Waals surface area contributed by atoms with Gasteiger partial charge in [0.05, 0.1) is 28.8 Å². The van der Waals surface area contributed by atoms with Crippen LogP contribution in [0.4, 0.5) is 10.1 Å². The molecule has 23 heavy (non-hydrogen) atoms. The molecule has 0 atom stereocenters. The molecule has 0 spiro atoms. The van der Waals surface area contributed by atoms with Crippen LogP contribution < -0.4 is 5.32 Å². The van der Waals surface area contributed by atoms with Gasteiger partial charge in [0, 0.05) is 0 Å². The van der Waals surface area contributed by atoms with E-state index in [9.17, 15) is 9.18 Å². The number of nitrogens with one attached hydrogen (secondary N) is 1. The van der Waals surface area contributed by atoms with Gasteiger partial charge >= 0.3 is 0 Å². The highest BCUT2D eigenvalue weighted by atomic mass is 19.1. The van der Waals surface area contributed by atoms with Crippen LogP contribution in [0.15, 0.2) is 54.7 Å². The largest absolute Gasteiger partial charge is 0.319 e. The Hall–Kier alpha value is -2.95. The zero-order valence-electron chi connectivity index (χ0n) is 12.9. The van der Waals surface area contributed by atoms with E-state index >= 15 is 0 Å². The minimum Gasteiger partial charge on any atom is -0.319 e. The van der Waals surface area contributed by atoms with Crippen LogP contribution in [-0.4, -0.2) is 15.7 Å². The number of benzene rings is 2. The van der Waals surface area contributed by atoms with E-state index in [1.165, 1.54) is 12.3 Å². The molecule has 0 bridgehead atoms. The number of para-hydroxylation sites is 1. The van der Waals surface area contributed by atoms with Gasteiger partial charge in [0.15, 0.2) is 0 Å². The van der Waals surface area contributed by atoms with E-state index in [1.807, 2.05) is 44.2 Å². The molecule has 0 fully saturated rings. The minimum atomic E-state index is -0.461. The fourth-order valence-corrected chi connectivity index (χ4v) is 2.39. The summed E-state index contributed by atoms with van der Waals surface area (Å²) < 4.78 is 15.5. The molecule has 0 aliphatic heterocycles. The summed E-state index contributed by atoms with van der Waals surface area (Å²) in [5, 5.41) is 6.86. The maximum absolute atomic E-state index is 13.8. The lowest BCUT2D eigenvalue weighted by Crippen LogP contribution is -2.14. The molecule has 2 aromatic carbocycles. The average Bonchev–Trinajstić information content (AvgIpc) is 2.93. The van der Waals surface area contributed by atoms with Crippen molar-refractivity contribution in [2.45, 2.75) is 13.8 Å². The zero-order valence-corrected chi connectivity index (χ0v) is 12.9. The van der Waals surface area contributed by atoms with Gasteiger partial charge in [-0.1, -0.05) is 24.3 Å². The van der Waals surface area contributed by atoms with Gasteiger partial charge < -0.3 is 5.32 Å². The van der Waals surface area contributed by atoms with Gasteiger partial charge in [0.2, 0.25) is 0 Å². The van der Waals surface area contributed by atoms with Gasteiger partial charge in [0.25, 0.3) is 5.91 Å². The Balaban J connectivity index is 1.89. The summed E-state index contributed by atoms with van der Waals surface area (Å²) >= 11 is 0. The van der Waals surface area contributed by atoms with Crippen LogP contribution in [0.3, 0.4) is 0 Å². The Morgan fingerprint density at radius 2 is 1.87 bits per heavy atom. The number of rotatable bonds is 3. The third-order valence-corrected chi connectivity index (χ3v) is 3.63. The lowest BCUT2D eigenvalue weighted by Gasteiger charge is -2.08. The monoisotopic (exact) mass is 309 g/mol. The molecule has 3 aromatic rings. The number of aromatic nitrogens is 2. The number of amides is 1. The summed E-state index contributed by atoms with van der Waals surface area (Å²) in [6, 6.07) is 14.1. The molecule has 1 heterocycles. The number of nitrogens with zero attached hydrogens (tertiary/aromatic N) is 2. The Kier molecular flexibility index (Phi) is 3.93. The standard InChI is InChI=1S/C18H16FN3O/c1-12-8-9-16(19)17(10-12)21-18(23)15-11-20-22(13(15)2)14-6-4-3-5-7-14/h3-11H,1-2H3,(H,21,23). The number of hydrogen-bond acceptors (Lipinski definition) is 2. The summed E-state index contributed by atoms with van der Waals surface area (Å²) in [4.78, 5) is 12.4. The first-order valence-corrected chi connectivity index (χ1v) is 7.24. The third-order valence-electron chi connectivity index (χ3n) is 3.63. The van der Waals surface area contributed by atoms with Gasteiger partial charge in [-0.15, -0.1) is 0 Å². The normalized spacial score (nSPS) is 10.6. The summed E-state index contributed by atoms with van der Waals surface area (Å²) in [5.74, 6) is -0.841. The Morgan fingerprint density at radius 3 is 2.61 bits per heavy atom. The highest BCUT2D eigenvalue weighted by Crippen LogP contribution is 2.19. The van der Waals surface area contributed by atoms with Gasteiger partial charge in [-0.2, -0.15) is 5.10 Å². The molecule has 1 amide bonds. The van der Waals surface area contributed by atoms with Crippen LogP contribution in [-0.2, 0) is 0 Å². The van der Waals surface area contributed by atoms with Crippen molar-refractivity contribution >= 4 is 11.6 Å². The molecular weight excluding hydrogens is 293 g/mol.